The Balaban J connectivity index is 1.18. The molecule has 36 nitrogen and oxygen atoms in total. The highest BCUT2D eigenvalue weighted by Crippen LogP contribution is 2.38. The van der Waals surface area contributed by atoms with E-state index >= 15 is 0 Å². The number of aliphatic hydroxyl groups is 22. The van der Waals surface area contributed by atoms with E-state index in [2.05, 4.69) is 12.6 Å². The molecular weight excluding hydrogens is 1150 g/mol. The molecule has 7 rings (SSSR count). The lowest BCUT2D eigenvalue weighted by molar-refractivity contribution is -0.402. The van der Waals surface area contributed by atoms with Crippen molar-refractivity contribution in [2.24, 2.45) is 0 Å². The standard InChI is InChI=1S/C45H78O36S/c46-4-11-18(52)22(56)28(62)40(70-11)77-34-15(8-50)74-43(31(65)26(34)60)79-36-17(76-39(68-2-1-3-82)33(67)37(36)80-42-30(64)24(58)20(54)13(6-48)72-42)10-69-45-38(25(59)21(55)14(7-49)73-45)81-44-32(66)27(61)35(16(9-51)75-44)78-41-29(63)23(57)19(53)12(5-47)71-41/h11-67,82H,1-10H2/t11?,12?,13?,14?,15?,16?,17?,18-,19-,20+,21+,22?,23?,24?,25?,26?,27?,28-,29-,30-,31-,32-,33-,34+,35+,36+,37?,38-,39-,40-,41-,42-,43+,44+,45+/m0/s1. The molecule has 37 heteroatoms. The largest absolute Gasteiger partial charge is 0.394 e. The number of rotatable bonds is 23. The van der Waals surface area contributed by atoms with Gasteiger partial charge in [0, 0.05) is 0 Å². The Morgan fingerprint density at radius 2 is 0.549 bits per heavy atom. The molecule has 14 unspecified atom stereocenters. The first kappa shape index (κ1) is 68.4. The van der Waals surface area contributed by atoms with Crippen molar-refractivity contribution in [1.82, 2.24) is 0 Å². The molecule has 480 valence electrons. The van der Waals surface area contributed by atoms with E-state index in [1.807, 2.05) is 0 Å². The highest BCUT2D eigenvalue weighted by atomic mass is 32.1. The van der Waals surface area contributed by atoms with Crippen molar-refractivity contribution in [1.29, 1.82) is 0 Å². The zero-order valence-electron chi connectivity index (χ0n) is 43.3. The van der Waals surface area contributed by atoms with Crippen LogP contribution in [0.3, 0.4) is 0 Å². The second-order valence-corrected chi connectivity index (χ2v) is 21.0. The third-order valence-electron chi connectivity index (χ3n) is 15.1. The maximum Gasteiger partial charge on any atom is 0.187 e. The molecule has 7 fully saturated rings. The van der Waals surface area contributed by atoms with Gasteiger partial charge in [-0.15, -0.1) is 0 Å². The van der Waals surface area contributed by atoms with Crippen LogP contribution in [0.5, 0.6) is 0 Å². The van der Waals surface area contributed by atoms with Gasteiger partial charge in [-0.25, -0.2) is 0 Å². The molecule has 7 aliphatic rings. The van der Waals surface area contributed by atoms with Gasteiger partial charge in [0.05, 0.1) is 52.9 Å². The minimum Gasteiger partial charge on any atom is -0.394 e. The van der Waals surface area contributed by atoms with Gasteiger partial charge in [-0.1, -0.05) is 0 Å². The van der Waals surface area contributed by atoms with Gasteiger partial charge in [0.15, 0.2) is 44.0 Å². The molecule has 0 spiro atoms. The van der Waals surface area contributed by atoms with Crippen molar-refractivity contribution in [3.05, 3.63) is 0 Å². The summed E-state index contributed by atoms with van der Waals surface area (Å²) in [6.07, 6.45) is -68.3. The molecule has 22 N–H and O–H groups in total. The Morgan fingerprint density at radius 3 is 0.927 bits per heavy atom. The Hall–Kier alpha value is -1.09. The van der Waals surface area contributed by atoms with Gasteiger partial charge >= 0.3 is 0 Å². The SMILES string of the molecule is OCC1O[C@@H](OC2[C@H](O[C@H]3OC(CO)[C@@H](O[C@@H]4OC(CO)[C@H](O)C(O)[C@@H]4O)C(O)[C@@H]3O)C(CO[C@@H]3OC(CO)[C@@H](O)C(O)[C@@H]3O[C@H]3OC(CO)[C@@H](O[C@@H]4OC(CO)[C@H](O)C(O)[C@@H]4O)C(O)[C@@H]3O)O[C@H](OCCCS)[C@H]2O)[C@@H](O)C(O)[C@@H]1O. The van der Waals surface area contributed by atoms with Gasteiger partial charge in [0.25, 0.3) is 0 Å². The summed E-state index contributed by atoms with van der Waals surface area (Å²) in [6.45, 7) is -7.01. The molecule has 0 radical (unpaired) electrons. The summed E-state index contributed by atoms with van der Waals surface area (Å²) in [4.78, 5) is 0. The van der Waals surface area contributed by atoms with Gasteiger partial charge < -0.3 is 179 Å². The lowest BCUT2D eigenvalue weighted by Gasteiger charge is -2.50. The summed E-state index contributed by atoms with van der Waals surface area (Å²) in [5, 5.41) is 236. The van der Waals surface area contributed by atoms with Crippen LogP contribution in [0.1, 0.15) is 6.42 Å². The van der Waals surface area contributed by atoms with E-state index in [0.717, 1.165) is 0 Å². The van der Waals surface area contributed by atoms with E-state index < -0.39 is 261 Å². The van der Waals surface area contributed by atoms with E-state index in [1.165, 1.54) is 0 Å². The molecular formula is C45H78O36S. The highest BCUT2D eigenvalue weighted by Gasteiger charge is 2.58. The van der Waals surface area contributed by atoms with Crippen LogP contribution < -0.4 is 0 Å². The van der Waals surface area contributed by atoms with Crippen LogP contribution in [0, 0.1) is 0 Å². The van der Waals surface area contributed by atoms with Crippen LogP contribution >= 0.6 is 12.6 Å². The zero-order valence-corrected chi connectivity index (χ0v) is 44.2. The summed E-state index contributed by atoms with van der Waals surface area (Å²) >= 11 is 4.16. The number of hydrogen-bond donors (Lipinski definition) is 23. The molecule has 35 atom stereocenters. The van der Waals surface area contributed by atoms with Crippen LogP contribution in [-0.2, 0) is 66.3 Å². The van der Waals surface area contributed by atoms with Crippen molar-refractivity contribution in [3.63, 3.8) is 0 Å². The lowest BCUT2D eigenvalue weighted by atomic mass is 9.95. The third kappa shape index (κ3) is 14.6. The molecule has 0 amide bonds. The average Bonchev–Trinajstić information content (AvgIpc) is 3.04. The van der Waals surface area contributed by atoms with Crippen LogP contribution in [-0.4, -0.2) is 386 Å². The fraction of sp³-hybridized carbons (Fsp3) is 1.00. The maximum atomic E-state index is 12.0. The van der Waals surface area contributed by atoms with Crippen molar-refractivity contribution >= 4 is 12.6 Å². The van der Waals surface area contributed by atoms with Gasteiger partial charge in [0.2, 0.25) is 0 Å². The Kier molecular flexibility index (Phi) is 25.4. The van der Waals surface area contributed by atoms with Crippen LogP contribution in [0.2, 0.25) is 0 Å². The molecule has 0 aliphatic carbocycles. The first-order valence-corrected chi connectivity index (χ1v) is 26.9. The van der Waals surface area contributed by atoms with Crippen molar-refractivity contribution in [2.75, 3.05) is 58.6 Å². The molecule has 0 aromatic rings. The second kappa shape index (κ2) is 30.4. The molecule has 0 aromatic heterocycles. The smallest absolute Gasteiger partial charge is 0.187 e. The minimum atomic E-state index is -2.29. The van der Waals surface area contributed by atoms with E-state index in [0.29, 0.717) is 0 Å². The van der Waals surface area contributed by atoms with Crippen LogP contribution in [0.4, 0.5) is 0 Å². The fourth-order valence-electron chi connectivity index (χ4n) is 10.3. The molecule has 0 bridgehead atoms. The van der Waals surface area contributed by atoms with E-state index in [4.69, 9.17) is 66.3 Å². The molecule has 82 heavy (non-hydrogen) atoms. The molecule has 7 aliphatic heterocycles. The third-order valence-corrected chi connectivity index (χ3v) is 15.4. The molecule has 0 saturated carbocycles. The van der Waals surface area contributed by atoms with Crippen molar-refractivity contribution in [2.45, 2.75) is 221 Å². The molecule has 7 saturated heterocycles. The minimum absolute atomic E-state index is 0.190. The predicted molar refractivity (Wildman–Crippen MR) is 254 cm³/mol. The summed E-state index contributed by atoms with van der Waals surface area (Å²) in [5.41, 5.74) is 0. The Morgan fingerprint density at radius 1 is 0.256 bits per heavy atom. The van der Waals surface area contributed by atoms with E-state index in [-0.39, 0.29) is 18.8 Å². The quantitative estimate of drug-likeness (QED) is 0.0334. The fourth-order valence-corrected chi connectivity index (χ4v) is 10.4. The topological polar surface area (TPSA) is 574 Å². The Labute approximate surface area is 470 Å². The van der Waals surface area contributed by atoms with Gasteiger partial charge in [0.1, 0.15) is 171 Å². The predicted octanol–water partition coefficient (Wildman–Crippen LogP) is -14.9. The van der Waals surface area contributed by atoms with Gasteiger partial charge in [-0.2, -0.15) is 12.6 Å². The van der Waals surface area contributed by atoms with Crippen LogP contribution in [0.25, 0.3) is 0 Å². The normalized spacial score (nSPS) is 51.5. The summed E-state index contributed by atoms with van der Waals surface area (Å²) < 4.78 is 81.1. The maximum absolute atomic E-state index is 12.0. The number of hydrogen-bond acceptors (Lipinski definition) is 37. The number of thiol groups is 1. The van der Waals surface area contributed by atoms with Crippen LogP contribution in [0.15, 0.2) is 0 Å². The molecule has 0 aromatic carbocycles. The van der Waals surface area contributed by atoms with E-state index in [1.54, 1.807) is 0 Å². The lowest BCUT2D eigenvalue weighted by Crippen LogP contribution is -2.68. The van der Waals surface area contributed by atoms with Crippen molar-refractivity contribution in [3.8, 4) is 0 Å². The monoisotopic (exact) mass is 1230 g/mol. The summed E-state index contributed by atoms with van der Waals surface area (Å²) in [5.74, 6) is 0.236. The summed E-state index contributed by atoms with van der Waals surface area (Å²) in [6, 6.07) is 0. The number of aliphatic hydroxyl groups excluding tert-OH is 22. The second-order valence-electron chi connectivity index (χ2n) is 20.5. The van der Waals surface area contributed by atoms with Crippen molar-refractivity contribution < 1.29 is 179 Å². The van der Waals surface area contributed by atoms with Gasteiger partial charge in [-0.05, 0) is 12.2 Å². The Bertz CT molecular complexity index is 1890. The number of ether oxygens (including phenoxy) is 14. The van der Waals surface area contributed by atoms with Gasteiger partial charge in [-0.3, -0.25) is 0 Å². The first-order chi connectivity index (χ1) is 39.0. The summed E-state index contributed by atoms with van der Waals surface area (Å²) in [7, 11) is 0. The highest BCUT2D eigenvalue weighted by molar-refractivity contribution is 7.80. The average molecular weight is 1230 g/mol. The molecule has 7 heterocycles. The van der Waals surface area contributed by atoms with E-state index in [9.17, 15) is 112 Å². The first-order valence-electron chi connectivity index (χ1n) is 26.2. The zero-order chi connectivity index (χ0) is 60.2.